The van der Waals surface area contributed by atoms with Crippen molar-refractivity contribution in [3.05, 3.63) is 29.8 Å². The van der Waals surface area contributed by atoms with Gasteiger partial charge in [-0.25, -0.2) is 0 Å². The van der Waals surface area contributed by atoms with Crippen LogP contribution in [0.5, 0.6) is 5.75 Å². The molecule has 0 heterocycles. The van der Waals surface area contributed by atoms with Gasteiger partial charge in [-0.15, -0.1) is 0 Å². The molecule has 0 atom stereocenters. The summed E-state index contributed by atoms with van der Waals surface area (Å²) in [4.78, 5) is 0. The van der Waals surface area contributed by atoms with E-state index >= 15 is 0 Å². The lowest BCUT2D eigenvalue weighted by Crippen LogP contribution is -2.19. The Labute approximate surface area is 130 Å². The summed E-state index contributed by atoms with van der Waals surface area (Å²) in [6.45, 7) is 8.66. The summed E-state index contributed by atoms with van der Waals surface area (Å²) in [6, 6.07) is 8.36. The van der Waals surface area contributed by atoms with Gasteiger partial charge < -0.3 is 14.8 Å². The normalized spacial score (nSPS) is 10.8. The van der Waals surface area contributed by atoms with Crippen LogP contribution in [0.25, 0.3) is 0 Å². The standard InChI is InChI=1S/C18H31NO2/c1-3-5-7-14-21-18-10-8-17(9-11-18)16-19-12-15-20-13-6-4-2/h8-11,19H,3-7,12-16H2,1-2H3. The molecule has 0 unspecified atom stereocenters. The van der Waals surface area contributed by atoms with Crippen molar-refractivity contribution in [2.45, 2.75) is 52.5 Å². The van der Waals surface area contributed by atoms with Gasteiger partial charge in [0.05, 0.1) is 13.2 Å². The number of hydrogen-bond acceptors (Lipinski definition) is 3. The topological polar surface area (TPSA) is 30.5 Å². The smallest absolute Gasteiger partial charge is 0.119 e. The van der Waals surface area contributed by atoms with Crippen LogP contribution in [0.2, 0.25) is 0 Å². The average molecular weight is 293 g/mol. The number of benzene rings is 1. The minimum absolute atomic E-state index is 0.790. The van der Waals surface area contributed by atoms with Gasteiger partial charge in [-0.3, -0.25) is 0 Å². The van der Waals surface area contributed by atoms with E-state index in [0.717, 1.165) is 51.5 Å². The third-order valence-corrected chi connectivity index (χ3v) is 3.33. The molecule has 0 radical (unpaired) electrons. The van der Waals surface area contributed by atoms with E-state index in [-0.39, 0.29) is 0 Å². The van der Waals surface area contributed by atoms with Crippen molar-refractivity contribution < 1.29 is 9.47 Å². The molecular formula is C18H31NO2. The highest BCUT2D eigenvalue weighted by Crippen LogP contribution is 2.12. The molecule has 120 valence electrons. The van der Waals surface area contributed by atoms with Crippen LogP contribution in [0.3, 0.4) is 0 Å². The summed E-state index contributed by atoms with van der Waals surface area (Å²) in [6.07, 6.45) is 5.95. The Balaban J connectivity index is 2.07. The fourth-order valence-corrected chi connectivity index (χ4v) is 1.97. The van der Waals surface area contributed by atoms with Gasteiger partial charge in [0.1, 0.15) is 5.75 Å². The largest absolute Gasteiger partial charge is 0.494 e. The molecule has 0 aromatic heterocycles. The van der Waals surface area contributed by atoms with Crippen LogP contribution in [-0.4, -0.2) is 26.4 Å². The van der Waals surface area contributed by atoms with Gasteiger partial charge in [-0.2, -0.15) is 0 Å². The summed E-state index contributed by atoms with van der Waals surface area (Å²) in [5.74, 6) is 0.970. The van der Waals surface area contributed by atoms with Crippen molar-refractivity contribution in [3.63, 3.8) is 0 Å². The molecule has 0 spiro atoms. The number of hydrogen-bond donors (Lipinski definition) is 1. The molecule has 3 nitrogen and oxygen atoms in total. The Hall–Kier alpha value is -1.06. The zero-order valence-electron chi connectivity index (χ0n) is 13.7. The third kappa shape index (κ3) is 9.48. The molecular weight excluding hydrogens is 262 g/mol. The monoisotopic (exact) mass is 293 g/mol. The van der Waals surface area contributed by atoms with Gasteiger partial charge in [-0.05, 0) is 30.5 Å². The minimum atomic E-state index is 0.790. The molecule has 0 saturated carbocycles. The van der Waals surface area contributed by atoms with Crippen LogP contribution >= 0.6 is 0 Å². The van der Waals surface area contributed by atoms with Crippen LogP contribution in [0.4, 0.5) is 0 Å². The first-order valence-corrected chi connectivity index (χ1v) is 8.37. The van der Waals surface area contributed by atoms with Crippen LogP contribution in [0.1, 0.15) is 51.5 Å². The molecule has 0 aliphatic rings. The first-order chi connectivity index (χ1) is 10.4. The summed E-state index contributed by atoms with van der Waals surface area (Å²) in [5, 5.41) is 3.39. The lowest BCUT2D eigenvalue weighted by atomic mass is 10.2. The Bertz CT molecular complexity index is 338. The van der Waals surface area contributed by atoms with Gasteiger partial charge in [0.15, 0.2) is 0 Å². The maximum absolute atomic E-state index is 5.70. The first-order valence-electron chi connectivity index (χ1n) is 8.37. The third-order valence-electron chi connectivity index (χ3n) is 3.33. The molecule has 1 aromatic rings. The van der Waals surface area contributed by atoms with Gasteiger partial charge in [0, 0.05) is 19.7 Å². The lowest BCUT2D eigenvalue weighted by Gasteiger charge is -2.08. The van der Waals surface area contributed by atoms with E-state index in [1.54, 1.807) is 0 Å². The van der Waals surface area contributed by atoms with E-state index < -0.39 is 0 Å². The molecule has 0 saturated heterocycles. The number of rotatable bonds is 13. The van der Waals surface area contributed by atoms with Crippen LogP contribution in [-0.2, 0) is 11.3 Å². The second-order valence-corrected chi connectivity index (χ2v) is 5.34. The molecule has 0 bridgehead atoms. The molecule has 0 fully saturated rings. The lowest BCUT2D eigenvalue weighted by molar-refractivity contribution is 0.133. The van der Waals surface area contributed by atoms with Gasteiger partial charge >= 0.3 is 0 Å². The molecule has 0 amide bonds. The Morgan fingerprint density at radius 2 is 1.62 bits per heavy atom. The van der Waals surface area contributed by atoms with Gasteiger partial charge in [-0.1, -0.05) is 45.2 Å². The predicted octanol–water partition coefficient (Wildman–Crippen LogP) is 4.16. The van der Waals surface area contributed by atoms with Crippen molar-refractivity contribution in [3.8, 4) is 5.75 Å². The maximum Gasteiger partial charge on any atom is 0.119 e. The fraction of sp³-hybridized carbons (Fsp3) is 0.667. The van der Waals surface area contributed by atoms with E-state index in [1.165, 1.54) is 24.8 Å². The van der Waals surface area contributed by atoms with Gasteiger partial charge in [0.2, 0.25) is 0 Å². The van der Waals surface area contributed by atoms with Crippen molar-refractivity contribution in [2.75, 3.05) is 26.4 Å². The van der Waals surface area contributed by atoms with Crippen LogP contribution in [0, 0.1) is 0 Å². The summed E-state index contributed by atoms with van der Waals surface area (Å²) >= 11 is 0. The quantitative estimate of drug-likeness (QED) is 0.554. The molecule has 3 heteroatoms. The zero-order valence-corrected chi connectivity index (χ0v) is 13.7. The van der Waals surface area contributed by atoms with Crippen molar-refractivity contribution in [1.82, 2.24) is 5.32 Å². The molecule has 1 rings (SSSR count). The molecule has 0 aliphatic carbocycles. The first kappa shape index (κ1) is 18.0. The minimum Gasteiger partial charge on any atom is -0.494 e. The highest BCUT2D eigenvalue weighted by atomic mass is 16.5. The van der Waals surface area contributed by atoms with Crippen molar-refractivity contribution >= 4 is 0 Å². The van der Waals surface area contributed by atoms with Crippen molar-refractivity contribution in [2.24, 2.45) is 0 Å². The summed E-state index contributed by atoms with van der Waals surface area (Å²) < 4.78 is 11.2. The van der Waals surface area contributed by atoms with Crippen LogP contribution < -0.4 is 10.1 Å². The Morgan fingerprint density at radius 1 is 0.857 bits per heavy atom. The molecule has 1 N–H and O–H groups in total. The Kier molecular flexibility index (Phi) is 10.8. The van der Waals surface area contributed by atoms with Crippen molar-refractivity contribution in [1.29, 1.82) is 0 Å². The zero-order chi connectivity index (χ0) is 15.2. The highest BCUT2D eigenvalue weighted by molar-refractivity contribution is 5.27. The Morgan fingerprint density at radius 3 is 2.33 bits per heavy atom. The molecule has 21 heavy (non-hydrogen) atoms. The van der Waals surface area contributed by atoms with E-state index in [2.05, 4.69) is 43.4 Å². The number of unbranched alkanes of at least 4 members (excludes halogenated alkanes) is 3. The summed E-state index contributed by atoms with van der Waals surface area (Å²) in [7, 11) is 0. The molecule has 0 aliphatic heterocycles. The van der Waals surface area contributed by atoms with E-state index in [9.17, 15) is 0 Å². The van der Waals surface area contributed by atoms with Crippen LogP contribution in [0.15, 0.2) is 24.3 Å². The van der Waals surface area contributed by atoms with E-state index in [1.807, 2.05) is 0 Å². The number of ether oxygens (including phenoxy) is 2. The van der Waals surface area contributed by atoms with Gasteiger partial charge in [0.25, 0.3) is 0 Å². The maximum atomic E-state index is 5.70. The summed E-state index contributed by atoms with van der Waals surface area (Å²) in [5.41, 5.74) is 1.28. The second kappa shape index (κ2) is 12.7. The second-order valence-electron chi connectivity index (χ2n) is 5.34. The van der Waals surface area contributed by atoms with E-state index in [4.69, 9.17) is 9.47 Å². The fourth-order valence-electron chi connectivity index (χ4n) is 1.97. The number of nitrogens with one attached hydrogen (secondary N) is 1. The predicted molar refractivity (Wildman–Crippen MR) is 88.9 cm³/mol. The molecule has 1 aromatic carbocycles. The SMILES string of the molecule is CCCCCOc1ccc(CNCCOCCCC)cc1. The highest BCUT2D eigenvalue weighted by Gasteiger charge is 1.96. The average Bonchev–Trinajstić information content (AvgIpc) is 2.52. The van der Waals surface area contributed by atoms with E-state index in [0.29, 0.717) is 0 Å².